The molecule has 0 N–H and O–H groups in total. The van der Waals surface area contributed by atoms with Crippen LogP contribution in [-0.2, 0) is 0 Å². The zero-order valence-corrected chi connectivity index (χ0v) is 16.5. The summed E-state index contributed by atoms with van der Waals surface area (Å²) in [5.74, 6) is 0. The molecule has 0 atom stereocenters. The van der Waals surface area contributed by atoms with Crippen molar-refractivity contribution in [3.63, 3.8) is 0 Å². The van der Waals surface area contributed by atoms with Gasteiger partial charge in [-0.1, -0.05) is 96.8 Å². The zero-order chi connectivity index (χ0) is 16.5. The quantitative estimate of drug-likeness (QED) is 0.167. The van der Waals surface area contributed by atoms with Crippen LogP contribution in [0.15, 0.2) is 0 Å². The third kappa shape index (κ3) is 24.9. The van der Waals surface area contributed by atoms with E-state index in [4.69, 9.17) is 0 Å². The Hall–Kier alpha value is 0.557. The molecule has 1 nitrogen and oxygen atoms in total. The van der Waals surface area contributed by atoms with Crippen molar-refractivity contribution in [2.24, 2.45) is 0 Å². The Bertz CT molecular complexity index is 210. The van der Waals surface area contributed by atoms with Crippen molar-refractivity contribution in [1.82, 2.24) is 0 Å². The zero-order valence-electron chi connectivity index (χ0n) is 16.5. The molecule has 0 aromatic carbocycles. The number of hydrogen-bond donors (Lipinski definition) is 0. The van der Waals surface area contributed by atoms with E-state index in [1.807, 2.05) is 0 Å². The normalized spacial score (nSPS) is 11.5. The molecule has 0 radical (unpaired) electrons. The molecule has 0 aromatic rings. The minimum atomic E-state index is 0. The van der Waals surface area contributed by atoms with Crippen LogP contribution in [0.3, 0.4) is 0 Å². The summed E-state index contributed by atoms with van der Waals surface area (Å²) in [5, 5.41) is 0. The summed E-state index contributed by atoms with van der Waals surface area (Å²) in [5.41, 5.74) is 0. The second-order valence-corrected chi connectivity index (χ2v) is 8.32. The van der Waals surface area contributed by atoms with Gasteiger partial charge in [0, 0.05) is 0 Å². The van der Waals surface area contributed by atoms with E-state index in [1.165, 1.54) is 109 Å². The van der Waals surface area contributed by atoms with Crippen LogP contribution in [0.25, 0.3) is 0 Å². The van der Waals surface area contributed by atoms with Crippen molar-refractivity contribution in [3.8, 4) is 0 Å². The Morgan fingerprint density at radius 2 is 0.696 bits per heavy atom. The first kappa shape index (κ1) is 25.8. The summed E-state index contributed by atoms with van der Waals surface area (Å²) in [4.78, 5) is 0. The molecule has 0 aliphatic carbocycles. The van der Waals surface area contributed by atoms with E-state index in [1.54, 1.807) is 0 Å². The predicted octanol–water partition coefficient (Wildman–Crippen LogP) is 6.31. The van der Waals surface area contributed by atoms with Gasteiger partial charge in [-0.25, -0.2) is 0 Å². The van der Waals surface area contributed by atoms with Gasteiger partial charge < -0.3 is 4.48 Å². The summed E-state index contributed by atoms with van der Waals surface area (Å²) >= 11 is 0. The number of quaternary nitrogens is 1. The van der Waals surface area contributed by atoms with Crippen LogP contribution in [0.2, 0.25) is 0 Å². The van der Waals surface area contributed by atoms with Gasteiger partial charge in [0.2, 0.25) is 0 Å². The monoisotopic (exact) mass is 320 g/mol. The van der Waals surface area contributed by atoms with Crippen LogP contribution in [0.1, 0.15) is 110 Å². The third-order valence-corrected chi connectivity index (χ3v) is 4.68. The summed E-state index contributed by atoms with van der Waals surface area (Å²) in [7, 11) is 6.89. The van der Waals surface area contributed by atoms with Crippen LogP contribution in [-0.4, -0.2) is 51.0 Å². The van der Waals surface area contributed by atoms with Crippen molar-refractivity contribution >= 4 is 18.9 Å². The molecule has 0 aromatic heterocycles. The molecule has 0 saturated heterocycles. The molecule has 0 bridgehead atoms. The standard InChI is InChI=1S/C21H46N.Li.H/c1-5-6-7-8-9-10-11-12-13-14-15-16-17-18-19-20-21-22(2,3)4;;/h5-21H2,1-4H3;;/q+1;;. The molecule has 0 saturated carbocycles. The Kier molecular flexibility index (Phi) is 21.2. The molecule has 0 rings (SSSR count). The van der Waals surface area contributed by atoms with Crippen molar-refractivity contribution in [2.45, 2.75) is 110 Å². The Balaban J connectivity index is 0. The van der Waals surface area contributed by atoms with E-state index in [9.17, 15) is 0 Å². The number of unbranched alkanes of at least 4 members (excludes halogenated alkanes) is 15. The van der Waals surface area contributed by atoms with Crippen molar-refractivity contribution in [3.05, 3.63) is 0 Å². The van der Waals surface area contributed by atoms with Crippen LogP contribution >= 0.6 is 0 Å². The predicted molar refractivity (Wildman–Crippen MR) is 110 cm³/mol. The van der Waals surface area contributed by atoms with Crippen LogP contribution in [0.4, 0.5) is 0 Å². The van der Waals surface area contributed by atoms with Crippen LogP contribution in [0.5, 0.6) is 0 Å². The molecule has 136 valence electrons. The van der Waals surface area contributed by atoms with E-state index in [0.717, 1.165) is 4.48 Å². The fourth-order valence-electron chi connectivity index (χ4n) is 3.13. The van der Waals surface area contributed by atoms with Gasteiger partial charge in [-0.05, 0) is 12.8 Å². The van der Waals surface area contributed by atoms with E-state index in [0.29, 0.717) is 0 Å². The van der Waals surface area contributed by atoms with Gasteiger partial charge in [-0.3, -0.25) is 0 Å². The Labute approximate surface area is 160 Å². The van der Waals surface area contributed by atoms with Crippen LogP contribution in [0, 0.1) is 0 Å². The summed E-state index contributed by atoms with van der Waals surface area (Å²) < 4.78 is 1.12. The van der Waals surface area contributed by atoms with Gasteiger partial charge in [0.25, 0.3) is 0 Å². The molecule has 2 heteroatoms. The topological polar surface area (TPSA) is 0 Å². The second kappa shape index (κ2) is 18.9. The summed E-state index contributed by atoms with van der Waals surface area (Å²) in [6.07, 6.45) is 23.4. The fourth-order valence-corrected chi connectivity index (χ4v) is 3.13. The van der Waals surface area contributed by atoms with Gasteiger partial charge >= 0.3 is 18.9 Å². The molecule has 0 amide bonds. The second-order valence-electron chi connectivity index (χ2n) is 8.32. The van der Waals surface area contributed by atoms with Crippen molar-refractivity contribution < 1.29 is 4.48 Å². The molecule has 0 spiro atoms. The van der Waals surface area contributed by atoms with Gasteiger partial charge in [0.15, 0.2) is 0 Å². The van der Waals surface area contributed by atoms with Crippen LogP contribution < -0.4 is 0 Å². The Morgan fingerprint density at radius 3 is 0.957 bits per heavy atom. The van der Waals surface area contributed by atoms with E-state index in [2.05, 4.69) is 28.1 Å². The maximum absolute atomic E-state index is 2.30. The minimum absolute atomic E-state index is 0. The van der Waals surface area contributed by atoms with Gasteiger partial charge in [0.05, 0.1) is 27.7 Å². The van der Waals surface area contributed by atoms with E-state index < -0.39 is 0 Å². The molecule has 0 aliphatic rings. The SMILES string of the molecule is CCCCCCCCCCCCCCCCCC[N+](C)(C)C.[LiH]. The maximum atomic E-state index is 2.30. The van der Waals surface area contributed by atoms with Crippen molar-refractivity contribution in [1.29, 1.82) is 0 Å². The fraction of sp³-hybridized carbons (Fsp3) is 1.00. The molecular weight excluding hydrogens is 273 g/mol. The van der Waals surface area contributed by atoms with E-state index >= 15 is 0 Å². The Morgan fingerprint density at radius 1 is 0.435 bits per heavy atom. The first-order chi connectivity index (χ1) is 10.6. The average molecular weight is 321 g/mol. The average Bonchev–Trinajstić information content (AvgIpc) is 2.45. The molecule has 0 heterocycles. The van der Waals surface area contributed by atoms with Gasteiger partial charge in [0.1, 0.15) is 0 Å². The first-order valence-corrected chi connectivity index (χ1v) is 10.4. The van der Waals surface area contributed by atoms with E-state index in [-0.39, 0.29) is 18.9 Å². The number of nitrogens with zero attached hydrogens (tertiary/aromatic N) is 1. The molecule has 0 unspecified atom stereocenters. The molecule has 23 heavy (non-hydrogen) atoms. The van der Waals surface area contributed by atoms with Gasteiger partial charge in [-0.2, -0.15) is 0 Å². The number of rotatable bonds is 17. The third-order valence-electron chi connectivity index (χ3n) is 4.68. The van der Waals surface area contributed by atoms with Crippen molar-refractivity contribution in [2.75, 3.05) is 27.7 Å². The molecule has 0 fully saturated rings. The van der Waals surface area contributed by atoms with Gasteiger partial charge in [-0.15, -0.1) is 0 Å². The molecule has 0 aliphatic heterocycles. The summed E-state index contributed by atoms with van der Waals surface area (Å²) in [6, 6.07) is 0. The summed E-state index contributed by atoms with van der Waals surface area (Å²) in [6.45, 7) is 3.63. The molecular formula is C21H47LiN+. The number of hydrogen-bond acceptors (Lipinski definition) is 0. The first-order valence-electron chi connectivity index (χ1n) is 10.4.